The zero-order valence-corrected chi connectivity index (χ0v) is 20.1. The van der Waals surface area contributed by atoms with E-state index < -0.39 is 10.8 Å². The normalized spacial score (nSPS) is 11.8. The Morgan fingerprint density at radius 2 is 1.88 bits per heavy atom. The molecule has 1 heterocycles. The fourth-order valence-electron chi connectivity index (χ4n) is 3.09. The number of allylic oxidation sites excluding steroid dienone is 1. The number of hydrazone groups is 1. The molecule has 3 rings (SSSR count). The van der Waals surface area contributed by atoms with E-state index in [4.69, 9.17) is 0 Å². The maximum absolute atomic E-state index is 12.5. The first-order valence-electron chi connectivity index (χ1n) is 10.3. The van der Waals surface area contributed by atoms with Gasteiger partial charge in [0.15, 0.2) is 0 Å². The lowest BCUT2D eigenvalue weighted by atomic mass is 10.0. The second-order valence-corrected chi connectivity index (χ2v) is 8.77. The molecule has 1 N–H and O–H groups in total. The summed E-state index contributed by atoms with van der Waals surface area (Å²) >= 11 is 3.36. The molecule has 0 fully saturated rings. The molecule has 33 heavy (non-hydrogen) atoms. The monoisotopic (exact) mass is 509 g/mol. The summed E-state index contributed by atoms with van der Waals surface area (Å²) in [5, 5.41) is 19.4. The number of hydrogen-bond donors (Lipinski definition) is 1. The molecular weight excluding hydrogens is 486 g/mol. The SMILES string of the molecule is CC(/C=N/NC(=O)c1nn(Cc2ccc(Br)cc2)cc1[N+](=O)[O-])=C\c1ccc(C(C)C)cc1. The molecule has 0 unspecified atom stereocenters. The molecule has 0 spiro atoms. The molecule has 9 heteroatoms. The fraction of sp³-hybridized carbons (Fsp3) is 0.208. The van der Waals surface area contributed by atoms with Gasteiger partial charge in [-0.2, -0.15) is 10.2 Å². The number of nitro groups is 1. The first kappa shape index (κ1) is 24.1. The van der Waals surface area contributed by atoms with E-state index in [0.717, 1.165) is 21.2 Å². The van der Waals surface area contributed by atoms with Crippen LogP contribution < -0.4 is 5.43 Å². The van der Waals surface area contributed by atoms with Gasteiger partial charge in [-0.1, -0.05) is 72.3 Å². The molecule has 0 saturated carbocycles. The van der Waals surface area contributed by atoms with E-state index in [1.54, 1.807) is 0 Å². The van der Waals surface area contributed by atoms with Crippen LogP contribution in [0.1, 0.15) is 53.9 Å². The van der Waals surface area contributed by atoms with Crippen molar-refractivity contribution in [3.63, 3.8) is 0 Å². The number of aromatic nitrogens is 2. The van der Waals surface area contributed by atoms with E-state index in [1.807, 2.05) is 49.4 Å². The van der Waals surface area contributed by atoms with E-state index >= 15 is 0 Å². The average Bonchev–Trinajstić information content (AvgIpc) is 3.20. The number of benzene rings is 2. The second kappa shape index (κ2) is 10.8. The zero-order chi connectivity index (χ0) is 24.0. The van der Waals surface area contributed by atoms with Crippen LogP contribution >= 0.6 is 15.9 Å². The molecule has 3 aromatic rings. The number of nitrogens with one attached hydrogen (secondary N) is 1. The van der Waals surface area contributed by atoms with Crippen LogP contribution in [-0.2, 0) is 6.54 Å². The minimum atomic E-state index is -0.749. The van der Waals surface area contributed by atoms with Crippen molar-refractivity contribution in [1.29, 1.82) is 0 Å². The predicted octanol–water partition coefficient (Wildman–Crippen LogP) is 5.54. The standard InChI is InChI=1S/C24H24BrN5O3/c1-16(2)20-8-4-18(5-9-20)12-17(3)13-26-27-24(31)23-22(30(32)33)15-29(28-23)14-19-6-10-21(25)11-7-19/h4-13,15-16H,14H2,1-3H3,(H,27,31)/b17-12+,26-13+. The summed E-state index contributed by atoms with van der Waals surface area (Å²) < 4.78 is 2.29. The Bertz CT molecular complexity index is 1200. The summed E-state index contributed by atoms with van der Waals surface area (Å²) in [5.41, 5.74) is 5.62. The number of carbonyl (C=O) groups excluding carboxylic acids is 1. The number of nitrogens with zero attached hydrogens (tertiary/aromatic N) is 4. The third-order valence-electron chi connectivity index (χ3n) is 4.84. The number of halogens is 1. The Labute approximate surface area is 200 Å². The van der Waals surface area contributed by atoms with Crippen molar-refractivity contribution in [2.24, 2.45) is 5.10 Å². The van der Waals surface area contributed by atoms with Crippen LogP contribution in [0.3, 0.4) is 0 Å². The van der Waals surface area contributed by atoms with Crippen LogP contribution in [0, 0.1) is 10.1 Å². The predicted molar refractivity (Wildman–Crippen MR) is 132 cm³/mol. The van der Waals surface area contributed by atoms with E-state index in [9.17, 15) is 14.9 Å². The minimum absolute atomic E-state index is 0.292. The highest BCUT2D eigenvalue weighted by Crippen LogP contribution is 2.19. The van der Waals surface area contributed by atoms with Crippen molar-refractivity contribution in [2.75, 3.05) is 0 Å². The lowest BCUT2D eigenvalue weighted by Crippen LogP contribution is -2.19. The third kappa shape index (κ3) is 6.69. The average molecular weight is 510 g/mol. The third-order valence-corrected chi connectivity index (χ3v) is 5.37. The van der Waals surface area contributed by atoms with Gasteiger partial charge in [0, 0.05) is 4.47 Å². The molecule has 8 nitrogen and oxygen atoms in total. The summed E-state index contributed by atoms with van der Waals surface area (Å²) in [5.74, 6) is -0.287. The molecule has 0 saturated heterocycles. The number of amides is 1. The molecule has 1 aromatic heterocycles. The van der Waals surface area contributed by atoms with Crippen LogP contribution in [0.15, 0.2) is 69.9 Å². The van der Waals surface area contributed by atoms with Crippen molar-refractivity contribution >= 4 is 39.8 Å². The molecule has 0 radical (unpaired) electrons. The lowest BCUT2D eigenvalue weighted by Gasteiger charge is -2.05. The Morgan fingerprint density at radius 3 is 2.48 bits per heavy atom. The summed E-state index contributed by atoms with van der Waals surface area (Å²) in [6, 6.07) is 15.7. The second-order valence-electron chi connectivity index (χ2n) is 7.85. The highest BCUT2D eigenvalue weighted by Gasteiger charge is 2.25. The molecule has 2 aromatic carbocycles. The van der Waals surface area contributed by atoms with Crippen molar-refractivity contribution in [2.45, 2.75) is 33.2 Å². The largest absolute Gasteiger partial charge is 0.320 e. The van der Waals surface area contributed by atoms with Crippen LogP contribution in [0.2, 0.25) is 0 Å². The van der Waals surface area contributed by atoms with Gasteiger partial charge in [0.2, 0.25) is 5.69 Å². The highest BCUT2D eigenvalue weighted by molar-refractivity contribution is 9.10. The molecule has 0 bridgehead atoms. The topological polar surface area (TPSA) is 102 Å². The van der Waals surface area contributed by atoms with Gasteiger partial charge in [-0.3, -0.25) is 19.6 Å². The van der Waals surface area contributed by atoms with Gasteiger partial charge in [0.05, 0.1) is 17.7 Å². The van der Waals surface area contributed by atoms with Gasteiger partial charge in [-0.15, -0.1) is 0 Å². The molecule has 1 amide bonds. The molecule has 0 aliphatic carbocycles. The quantitative estimate of drug-likeness (QED) is 0.244. The first-order valence-corrected chi connectivity index (χ1v) is 11.1. The van der Waals surface area contributed by atoms with Crippen LogP contribution in [0.5, 0.6) is 0 Å². The van der Waals surface area contributed by atoms with Crippen molar-refractivity contribution < 1.29 is 9.72 Å². The summed E-state index contributed by atoms with van der Waals surface area (Å²) in [6.07, 6.45) is 4.65. The zero-order valence-electron chi connectivity index (χ0n) is 18.5. The molecule has 0 atom stereocenters. The van der Waals surface area contributed by atoms with Gasteiger partial charge in [-0.05, 0) is 47.2 Å². The Morgan fingerprint density at radius 1 is 1.21 bits per heavy atom. The van der Waals surface area contributed by atoms with Gasteiger partial charge in [0.25, 0.3) is 5.91 Å². The maximum Gasteiger partial charge on any atom is 0.320 e. The highest BCUT2D eigenvalue weighted by atomic mass is 79.9. The van der Waals surface area contributed by atoms with E-state index in [-0.39, 0.29) is 11.4 Å². The summed E-state index contributed by atoms with van der Waals surface area (Å²) in [6.45, 7) is 6.42. The molecule has 0 aliphatic rings. The number of carbonyl (C=O) groups is 1. The Balaban J connectivity index is 1.68. The Kier molecular flexibility index (Phi) is 7.89. The minimum Gasteiger partial charge on any atom is -0.265 e. The van der Waals surface area contributed by atoms with E-state index in [1.165, 1.54) is 22.7 Å². The molecular formula is C24H24BrN5O3. The van der Waals surface area contributed by atoms with Gasteiger partial charge in [-0.25, -0.2) is 5.43 Å². The van der Waals surface area contributed by atoms with Gasteiger partial charge >= 0.3 is 5.69 Å². The van der Waals surface area contributed by atoms with Crippen molar-refractivity contribution in [1.82, 2.24) is 15.2 Å². The maximum atomic E-state index is 12.5. The number of hydrogen-bond acceptors (Lipinski definition) is 5. The summed E-state index contributed by atoms with van der Waals surface area (Å²) in [7, 11) is 0. The number of rotatable bonds is 8. The van der Waals surface area contributed by atoms with Crippen LogP contribution in [0.25, 0.3) is 6.08 Å². The van der Waals surface area contributed by atoms with Gasteiger partial charge < -0.3 is 0 Å². The van der Waals surface area contributed by atoms with Crippen LogP contribution in [-0.4, -0.2) is 26.8 Å². The first-order chi connectivity index (χ1) is 15.7. The molecule has 170 valence electrons. The summed E-state index contributed by atoms with van der Waals surface area (Å²) in [4.78, 5) is 23.3. The van der Waals surface area contributed by atoms with Gasteiger partial charge in [0.1, 0.15) is 6.20 Å². The van der Waals surface area contributed by atoms with E-state index in [0.29, 0.717) is 12.5 Å². The van der Waals surface area contributed by atoms with E-state index in [2.05, 4.69) is 57.5 Å². The fourth-order valence-corrected chi connectivity index (χ4v) is 3.35. The lowest BCUT2D eigenvalue weighted by molar-refractivity contribution is -0.385. The van der Waals surface area contributed by atoms with Crippen molar-refractivity contribution in [3.8, 4) is 0 Å². The van der Waals surface area contributed by atoms with Crippen molar-refractivity contribution in [3.05, 3.63) is 97.3 Å². The molecule has 0 aliphatic heterocycles. The Hall–Kier alpha value is -3.59. The van der Waals surface area contributed by atoms with Crippen LogP contribution in [0.4, 0.5) is 5.69 Å². The smallest absolute Gasteiger partial charge is 0.265 e.